The lowest BCUT2D eigenvalue weighted by Gasteiger charge is -2.29. The van der Waals surface area contributed by atoms with Crippen molar-refractivity contribution < 1.29 is 0 Å². The second-order valence-electron chi connectivity index (χ2n) is 15.5. The van der Waals surface area contributed by atoms with Gasteiger partial charge >= 0.3 is 0 Å². The Bertz CT molecular complexity index is 2110. The molecule has 0 N–H and O–H groups in total. The molecule has 7 aromatic rings. The zero-order chi connectivity index (χ0) is 32.5. The van der Waals surface area contributed by atoms with Gasteiger partial charge in [0.1, 0.15) is 11.3 Å². The van der Waals surface area contributed by atoms with E-state index in [0.29, 0.717) is 0 Å². The highest BCUT2D eigenvalue weighted by Gasteiger charge is 2.32. The zero-order valence-electron chi connectivity index (χ0n) is 28.7. The van der Waals surface area contributed by atoms with E-state index < -0.39 is 0 Å². The van der Waals surface area contributed by atoms with E-state index in [2.05, 4.69) is 161 Å². The lowest BCUT2D eigenvalue weighted by molar-refractivity contribution is 0.405. The first-order valence-electron chi connectivity index (χ1n) is 16.4. The fourth-order valence-corrected chi connectivity index (χ4v) is 7.14. The summed E-state index contributed by atoms with van der Waals surface area (Å²) in [5.74, 6) is 1.90. The average molecular weight is 608 g/mol. The molecule has 0 spiro atoms. The summed E-state index contributed by atoms with van der Waals surface area (Å²) in [6.07, 6.45) is 6.12. The lowest BCUT2D eigenvalue weighted by Crippen LogP contribution is -2.21. The van der Waals surface area contributed by atoms with Crippen LogP contribution in [0.15, 0.2) is 85.2 Å². The Kier molecular flexibility index (Phi) is 7.00. The van der Waals surface area contributed by atoms with Gasteiger partial charge in [-0.25, -0.2) is 9.97 Å². The molecule has 7 rings (SSSR count). The van der Waals surface area contributed by atoms with Crippen LogP contribution in [0.25, 0.3) is 32.8 Å². The van der Waals surface area contributed by atoms with Crippen molar-refractivity contribution in [3.05, 3.63) is 113 Å². The summed E-state index contributed by atoms with van der Waals surface area (Å²) in [6.45, 7) is 20.5. The van der Waals surface area contributed by atoms with Crippen molar-refractivity contribution in [2.24, 2.45) is 10.8 Å². The molecule has 0 aliphatic rings. The molecule has 0 aliphatic carbocycles. The molecule has 0 saturated heterocycles. The Balaban J connectivity index is 1.65. The SMILES string of the molecule is Cc1cc(C)c(N(c2nc3c4ccccc4ccn3c2CC(C)(C)C)c2nc3c4ccccc4ccn3c2CC(C)(C)C)c(C)c1. The minimum absolute atomic E-state index is 0.0305. The fraction of sp³-hybridized carbons (Fsp3) is 0.317. The van der Waals surface area contributed by atoms with Gasteiger partial charge in [0.15, 0.2) is 11.6 Å². The normalized spacial score (nSPS) is 12.6. The number of nitrogens with zero attached hydrogens (tertiary/aromatic N) is 5. The van der Waals surface area contributed by atoms with Gasteiger partial charge in [0, 0.05) is 23.2 Å². The van der Waals surface area contributed by atoms with Crippen molar-refractivity contribution in [1.29, 1.82) is 0 Å². The highest BCUT2D eigenvalue weighted by atomic mass is 15.3. The van der Waals surface area contributed by atoms with Gasteiger partial charge in [-0.05, 0) is 78.5 Å². The minimum atomic E-state index is 0.0305. The standard InChI is InChI=1S/C41H45N5/c1-26-22-27(2)35(28(3)23-26)46(38-33(24-40(4,5)6)44-20-18-29-14-10-12-16-31(29)36(44)42-38)39-34(25-41(7,8)9)45-21-19-30-15-11-13-17-32(30)37(45)43-39/h10-23H,24-25H2,1-9H3. The highest BCUT2D eigenvalue weighted by molar-refractivity contribution is 5.97. The molecule has 46 heavy (non-hydrogen) atoms. The number of rotatable bonds is 5. The highest BCUT2D eigenvalue weighted by Crippen LogP contribution is 2.45. The predicted octanol–water partition coefficient (Wildman–Crippen LogP) is 10.9. The molecule has 4 heterocycles. The molecular weight excluding hydrogens is 562 g/mol. The third kappa shape index (κ3) is 5.22. The van der Waals surface area contributed by atoms with Gasteiger partial charge in [-0.2, -0.15) is 0 Å². The largest absolute Gasteiger partial charge is 0.301 e. The second-order valence-corrected chi connectivity index (χ2v) is 15.5. The molecule has 0 radical (unpaired) electrons. The summed E-state index contributed by atoms with van der Waals surface area (Å²) >= 11 is 0. The number of pyridine rings is 2. The Morgan fingerprint density at radius 1 is 0.587 bits per heavy atom. The van der Waals surface area contributed by atoms with Gasteiger partial charge in [-0.1, -0.05) is 108 Å². The van der Waals surface area contributed by atoms with Gasteiger partial charge < -0.3 is 8.80 Å². The van der Waals surface area contributed by atoms with Gasteiger partial charge in [0.05, 0.1) is 17.1 Å². The van der Waals surface area contributed by atoms with Crippen LogP contribution in [0, 0.1) is 31.6 Å². The van der Waals surface area contributed by atoms with E-state index in [1.165, 1.54) is 38.9 Å². The Hall–Kier alpha value is -4.64. The Morgan fingerprint density at radius 2 is 1.00 bits per heavy atom. The van der Waals surface area contributed by atoms with E-state index >= 15 is 0 Å². The summed E-state index contributed by atoms with van der Waals surface area (Å²) in [5, 5.41) is 4.69. The molecule has 5 nitrogen and oxygen atoms in total. The molecule has 0 atom stereocenters. The van der Waals surface area contributed by atoms with Crippen LogP contribution in [0.3, 0.4) is 0 Å². The number of aromatic nitrogens is 4. The smallest absolute Gasteiger partial charge is 0.161 e. The quantitative estimate of drug-likeness (QED) is 0.195. The number of hydrogen-bond donors (Lipinski definition) is 0. The number of aryl methyl sites for hydroxylation is 3. The number of benzene rings is 3. The van der Waals surface area contributed by atoms with Crippen LogP contribution in [0.4, 0.5) is 17.3 Å². The Morgan fingerprint density at radius 3 is 1.41 bits per heavy atom. The van der Waals surface area contributed by atoms with Gasteiger partial charge in [0.2, 0.25) is 0 Å². The molecule has 0 fully saturated rings. The van der Waals surface area contributed by atoms with Crippen molar-refractivity contribution in [2.45, 2.75) is 75.2 Å². The maximum atomic E-state index is 5.59. The molecule has 0 saturated carbocycles. The molecule has 0 aliphatic heterocycles. The second kappa shape index (κ2) is 10.7. The number of hydrogen-bond acceptors (Lipinski definition) is 3. The van der Waals surface area contributed by atoms with Crippen LogP contribution >= 0.6 is 0 Å². The van der Waals surface area contributed by atoms with E-state index in [-0.39, 0.29) is 10.8 Å². The first kappa shape index (κ1) is 30.0. The van der Waals surface area contributed by atoms with Crippen molar-refractivity contribution in [2.75, 3.05) is 4.90 Å². The van der Waals surface area contributed by atoms with Crippen molar-refractivity contribution >= 4 is 50.2 Å². The molecule has 234 valence electrons. The summed E-state index contributed by atoms with van der Waals surface area (Å²) in [5.41, 5.74) is 9.23. The lowest BCUT2D eigenvalue weighted by atomic mass is 9.89. The number of anilines is 3. The van der Waals surface area contributed by atoms with E-state index in [1.54, 1.807) is 0 Å². The fourth-order valence-electron chi connectivity index (χ4n) is 7.14. The molecule has 4 aromatic heterocycles. The average Bonchev–Trinajstić information content (AvgIpc) is 3.51. The predicted molar refractivity (Wildman–Crippen MR) is 194 cm³/mol. The van der Waals surface area contributed by atoms with E-state index in [1.807, 2.05) is 0 Å². The van der Waals surface area contributed by atoms with Crippen molar-refractivity contribution in [1.82, 2.24) is 18.8 Å². The van der Waals surface area contributed by atoms with Crippen LogP contribution in [0.5, 0.6) is 0 Å². The van der Waals surface area contributed by atoms with Crippen LogP contribution in [0.1, 0.15) is 69.6 Å². The van der Waals surface area contributed by atoms with Crippen LogP contribution in [-0.4, -0.2) is 18.8 Å². The van der Waals surface area contributed by atoms with Crippen molar-refractivity contribution in [3.63, 3.8) is 0 Å². The molecule has 0 bridgehead atoms. The molecule has 0 amide bonds. The molecular formula is C41H45N5. The van der Waals surface area contributed by atoms with Crippen molar-refractivity contribution in [3.8, 4) is 0 Å². The first-order valence-corrected chi connectivity index (χ1v) is 16.4. The number of fused-ring (bicyclic) bond motifs is 6. The third-order valence-corrected chi connectivity index (χ3v) is 8.87. The monoisotopic (exact) mass is 607 g/mol. The van der Waals surface area contributed by atoms with Gasteiger partial charge in [0.25, 0.3) is 0 Å². The number of imidazole rings is 2. The van der Waals surface area contributed by atoms with E-state index in [4.69, 9.17) is 9.97 Å². The Labute approximate surface area is 272 Å². The topological polar surface area (TPSA) is 37.8 Å². The van der Waals surface area contributed by atoms with Crippen LogP contribution in [-0.2, 0) is 12.8 Å². The minimum Gasteiger partial charge on any atom is -0.301 e. The van der Waals surface area contributed by atoms with E-state index in [9.17, 15) is 0 Å². The maximum absolute atomic E-state index is 5.59. The summed E-state index contributed by atoms with van der Waals surface area (Å²) in [6, 6.07) is 26.2. The zero-order valence-corrected chi connectivity index (χ0v) is 28.7. The van der Waals surface area contributed by atoms with E-state index in [0.717, 1.165) is 52.2 Å². The van der Waals surface area contributed by atoms with Crippen LogP contribution < -0.4 is 4.90 Å². The molecule has 3 aromatic carbocycles. The third-order valence-electron chi connectivity index (χ3n) is 8.87. The maximum Gasteiger partial charge on any atom is 0.161 e. The van der Waals surface area contributed by atoms with Gasteiger partial charge in [-0.3, -0.25) is 4.90 Å². The first-order chi connectivity index (χ1) is 21.8. The summed E-state index contributed by atoms with van der Waals surface area (Å²) < 4.78 is 4.65. The summed E-state index contributed by atoms with van der Waals surface area (Å²) in [7, 11) is 0. The molecule has 0 unspecified atom stereocenters. The van der Waals surface area contributed by atoms with Gasteiger partial charge in [-0.15, -0.1) is 0 Å². The molecule has 5 heteroatoms. The summed E-state index contributed by atoms with van der Waals surface area (Å²) in [4.78, 5) is 13.6. The van der Waals surface area contributed by atoms with Crippen LogP contribution in [0.2, 0.25) is 0 Å².